The molecule has 0 bridgehead atoms. The summed E-state index contributed by atoms with van der Waals surface area (Å²) in [5.41, 5.74) is 0.362. The maximum absolute atomic E-state index is 10.2. The van der Waals surface area contributed by atoms with E-state index in [2.05, 4.69) is 26.8 Å². The Hall–Kier alpha value is 0.200. The third kappa shape index (κ3) is 3.08. The summed E-state index contributed by atoms with van der Waals surface area (Å²) in [5.74, 6) is 0. The first-order valence-electron chi connectivity index (χ1n) is 4.88. The fourth-order valence-electron chi connectivity index (χ4n) is 1.46. The molecule has 0 heterocycles. The minimum atomic E-state index is -1.00. The van der Waals surface area contributed by atoms with Gasteiger partial charge in [0.05, 0.1) is 5.03 Å². The van der Waals surface area contributed by atoms with Gasteiger partial charge < -0.3 is 5.11 Å². The summed E-state index contributed by atoms with van der Waals surface area (Å²) < 4.78 is 1.71. The van der Waals surface area contributed by atoms with Crippen molar-refractivity contribution in [1.82, 2.24) is 0 Å². The molecule has 0 spiro atoms. The number of hydrogen-bond donors (Lipinski definition) is 1. The second-order valence-corrected chi connectivity index (χ2v) is 5.86. The van der Waals surface area contributed by atoms with Crippen LogP contribution in [0.1, 0.15) is 27.2 Å². The van der Waals surface area contributed by atoms with Gasteiger partial charge in [0.15, 0.2) is 0 Å². The van der Waals surface area contributed by atoms with Gasteiger partial charge in [0, 0.05) is 6.42 Å². The van der Waals surface area contributed by atoms with Crippen molar-refractivity contribution in [2.45, 2.75) is 32.8 Å². The van der Waals surface area contributed by atoms with Crippen LogP contribution in [-0.4, -0.2) is 10.7 Å². The van der Waals surface area contributed by atoms with Gasteiger partial charge >= 0.3 is 0 Å². The summed E-state index contributed by atoms with van der Waals surface area (Å²) >= 11 is 8.01. The normalized spacial score (nSPS) is 27.9. The molecule has 1 nitrogen and oxygen atoms in total. The predicted molar refractivity (Wildman–Crippen MR) is 74.2 cm³/mol. The Labute approximate surface area is 110 Å². The first-order valence-corrected chi connectivity index (χ1v) is 6.50. The number of rotatable bonds is 1. The summed E-state index contributed by atoms with van der Waals surface area (Å²) in [7, 11) is 0. The lowest BCUT2D eigenvalue weighted by Gasteiger charge is -2.30. The Kier molecular flexibility index (Phi) is 4.07. The second kappa shape index (κ2) is 4.60. The Morgan fingerprint density at radius 1 is 1.60 bits per heavy atom. The van der Waals surface area contributed by atoms with E-state index < -0.39 is 5.60 Å². The quantitative estimate of drug-likeness (QED) is 0.712. The molecule has 1 atom stereocenters. The summed E-state index contributed by atoms with van der Waals surface area (Å²) in [6.45, 7) is 6.47. The van der Waals surface area contributed by atoms with Crippen LogP contribution in [0.2, 0.25) is 0 Å². The van der Waals surface area contributed by atoms with Crippen LogP contribution in [0.4, 0.5) is 0 Å². The maximum atomic E-state index is 10.2. The Morgan fingerprint density at radius 3 is 2.53 bits per heavy atom. The highest BCUT2D eigenvalue weighted by Crippen LogP contribution is 2.36. The minimum absolute atomic E-state index is 0.123. The average Bonchev–Trinajstić information content (AvgIpc) is 2.15. The van der Waals surface area contributed by atoms with Gasteiger partial charge in [-0.2, -0.15) is 0 Å². The molecule has 0 aromatic rings. The summed E-state index contributed by atoms with van der Waals surface area (Å²) in [4.78, 5) is 0. The highest BCUT2D eigenvalue weighted by Gasteiger charge is 2.30. The molecule has 84 valence electrons. The summed E-state index contributed by atoms with van der Waals surface area (Å²) in [5, 5.41) is 10.7. The molecule has 0 aromatic carbocycles. The molecule has 0 amide bonds. The van der Waals surface area contributed by atoms with Crippen molar-refractivity contribution in [3.05, 3.63) is 32.9 Å². The molecule has 1 rings (SSSR count). The van der Waals surface area contributed by atoms with Crippen molar-refractivity contribution in [2.24, 2.45) is 5.41 Å². The second-order valence-electron chi connectivity index (χ2n) is 4.83. The van der Waals surface area contributed by atoms with Gasteiger partial charge in [-0.25, -0.2) is 0 Å². The molecule has 0 aromatic heterocycles. The fourth-order valence-corrected chi connectivity index (χ4v) is 2.14. The first kappa shape index (κ1) is 13.3. The van der Waals surface area contributed by atoms with Crippen LogP contribution in [0.15, 0.2) is 32.9 Å². The molecule has 0 saturated carbocycles. The third-order valence-electron chi connectivity index (χ3n) is 2.55. The van der Waals surface area contributed by atoms with Gasteiger partial charge in [0.25, 0.3) is 0 Å². The molecule has 1 N–H and O–H groups in total. The van der Waals surface area contributed by atoms with Crippen LogP contribution in [0.3, 0.4) is 0 Å². The Balaban J connectivity index is 2.89. The maximum Gasteiger partial charge on any atom is 0.122 e. The van der Waals surface area contributed by atoms with Crippen molar-refractivity contribution in [2.75, 3.05) is 0 Å². The number of aliphatic hydroxyl groups is 1. The van der Waals surface area contributed by atoms with E-state index in [9.17, 15) is 5.11 Å². The molecule has 0 aliphatic heterocycles. The molecule has 3 heteroatoms. The summed E-state index contributed by atoms with van der Waals surface area (Å²) in [6.07, 6.45) is 6.36. The molecular weight excluding hydrogens is 322 g/mol. The van der Waals surface area contributed by atoms with Gasteiger partial charge in [-0.15, -0.1) is 0 Å². The minimum Gasteiger partial charge on any atom is -0.380 e. The average molecular weight is 339 g/mol. The predicted octanol–water partition coefficient (Wildman–Crippen LogP) is 4.17. The number of halogens is 2. The lowest BCUT2D eigenvalue weighted by molar-refractivity contribution is 0.139. The zero-order chi connectivity index (χ0) is 11.7. The van der Waals surface area contributed by atoms with Crippen molar-refractivity contribution < 1.29 is 5.11 Å². The zero-order valence-corrected chi connectivity index (χ0v) is 12.1. The van der Waals surface area contributed by atoms with Crippen LogP contribution in [-0.2, 0) is 0 Å². The van der Waals surface area contributed by atoms with Crippen LogP contribution in [0.5, 0.6) is 0 Å². The van der Waals surface area contributed by atoms with Crippen LogP contribution >= 0.6 is 34.2 Å². The molecule has 15 heavy (non-hydrogen) atoms. The van der Waals surface area contributed by atoms with Crippen LogP contribution < -0.4 is 0 Å². The first-order chi connectivity index (χ1) is 6.79. The van der Waals surface area contributed by atoms with Gasteiger partial charge in [0.2, 0.25) is 0 Å². The van der Waals surface area contributed by atoms with Gasteiger partial charge in [-0.05, 0) is 21.1 Å². The van der Waals surface area contributed by atoms with Crippen molar-refractivity contribution in [3.8, 4) is 0 Å². The van der Waals surface area contributed by atoms with E-state index >= 15 is 0 Å². The molecule has 1 aliphatic rings. The zero-order valence-electron chi connectivity index (χ0n) is 9.22. The molecule has 0 fully saturated rings. The molecule has 1 aliphatic carbocycles. The SMILES string of the molecule is CC(C)(C)C1=CCC(O)(/C(Cl)=C\I)C=C1. The molecule has 0 saturated heterocycles. The Bertz CT molecular complexity index is 336. The third-order valence-corrected chi connectivity index (χ3v) is 3.97. The topological polar surface area (TPSA) is 20.2 Å². The smallest absolute Gasteiger partial charge is 0.122 e. The largest absolute Gasteiger partial charge is 0.380 e. The van der Waals surface area contributed by atoms with Crippen molar-refractivity contribution in [3.63, 3.8) is 0 Å². The van der Waals surface area contributed by atoms with Gasteiger partial charge in [-0.1, -0.05) is 67.1 Å². The highest BCUT2D eigenvalue weighted by atomic mass is 127. The molecule has 1 unspecified atom stereocenters. The standard InChI is InChI=1S/C12H16ClIO/c1-11(2,3)9-4-6-12(15,7-5-9)10(13)8-14/h4-6,8,15H,7H2,1-3H3/b10-8+. The van der Waals surface area contributed by atoms with E-state index in [1.165, 1.54) is 5.57 Å². The van der Waals surface area contributed by atoms with Crippen LogP contribution in [0, 0.1) is 5.41 Å². The summed E-state index contributed by atoms with van der Waals surface area (Å²) in [6, 6.07) is 0. The van der Waals surface area contributed by atoms with Gasteiger partial charge in [-0.3, -0.25) is 0 Å². The highest BCUT2D eigenvalue weighted by molar-refractivity contribution is 14.1. The van der Waals surface area contributed by atoms with E-state index in [1.807, 2.05) is 28.7 Å². The molecular formula is C12H16ClIO. The lowest BCUT2D eigenvalue weighted by atomic mass is 9.80. The van der Waals surface area contributed by atoms with Gasteiger partial charge in [0.1, 0.15) is 5.60 Å². The lowest BCUT2D eigenvalue weighted by Crippen LogP contribution is -2.28. The van der Waals surface area contributed by atoms with Crippen LogP contribution in [0.25, 0.3) is 0 Å². The number of allylic oxidation sites excluding steroid dienone is 2. The van der Waals surface area contributed by atoms with E-state index in [1.54, 1.807) is 10.2 Å². The van der Waals surface area contributed by atoms with E-state index in [0.29, 0.717) is 11.5 Å². The molecule has 0 radical (unpaired) electrons. The Morgan fingerprint density at radius 2 is 2.20 bits per heavy atom. The van der Waals surface area contributed by atoms with E-state index in [0.717, 1.165) is 0 Å². The van der Waals surface area contributed by atoms with E-state index in [-0.39, 0.29) is 5.41 Å². The number of hydrogen-bond acceptors (Lipinski definition) is 1. The van der Waals surface area contributed by atoms with E-state index in [4.69, 9.17) is 11.6 Å². The van der Waals surface area contributed by atoms with Crippen molar-refractivity contribution >= 4 is 34.2 Å². The monoisotopic (exact) mass is 338 g/mol. The van der Waals surface area contributed by atoms with Crippen molar-refractivity contribution in [1.29, 1.82) is 0 Å². The fraction of sp³-hybridized carbons (Fsp3) is 0.500.